The van der Waals surface area contributed by atoms with E-state index in [1.54, 1.807) is 0 Å². The topological polar surface area (TPSA) is 58.2 Å². The predicted molar refractivity (Wildman–Crippen MR) is 86.1 cm³/mol. The number of rotatable bonds is 4. The second-order valence-electron chi connectivity index (χ2n) is 5.35. The van der Waals surface area contributed by atoms with Crippen LogP contribution in [0.3, 0.4) is 0 Å². The lowest BCUT2D eigenvalue weighted by molar-refractivity contribution is -0.128. The van der Waals surface area contributed by atoms with E-state index in [4.69, 9.17) is 0 Å². The fourth-order valence-electron chi connectivity index (χ4n) is 2.11. The van der Waals surface area contributed by atoms with Gasteiger partial charge in [0.15, 0.2) is 0 Å². The third kappa shape index (κ3) is 4.74. The zero-order chi connectivity index (χ0) is 15.9. The number of benzene rings is 2. The summed E-state index contributed by atoms with van der Waals surface area (Å²) in [5, 5.41) is 0. The first-order valence-electron chi connectivity index (χ1n) is 7.22. The third-order valence-electron chi connectivity index (χ3n) is 3.48. The molecule has 2 N–H and O–H groups in total. The van der Waals surface area contributed by atoms with Gasteiger partial charge in [0.25, 0.3) is 0 Å². The van der Waals surface area contributed by atoms with Gasteiger partial charge in [-0.3, -0.25) is 20.4 Å². The van der Waals surface area contributed by atoms with Crippen molar-refractivity contribution in [2.45, 2.75) is 26.7 Å². The monoisotopic (exact) mass is 296 g/mol. The molecule has 22 heavy (non-hydrogen) atoms. The van der Waals surface area contributed by atoms with E-state index in [-0.39, 0.29) is 24.7 Å². The number of nitrogens with one attached hydrogen (secondary N) is 2. The number of amides is 2. The molecule has 0 unspecified atom stereocenters. The highest BCUT2D eigenvalue weighted by Gasteiger charge is 2.07. The molecule has 114 valence electrons. The summed E-state index contributed by atoms with van der Waals surface area (Å²) in [4.78, 5) is 23.6. The molecule has 0 aromatic heterocycles. The molecule has 0 heterocycles. The lowest BCUT2D eigenvalue weighted by atomic mass is 10.0. The van der Waals surface area contributed by atoms with E-state index in [9.17, 15) is 9.59 Å². The maximum absolute atomic E-state index is 11.8. The summed E-state index contributed by atoms with van der Waals surface area (Å²) in [5.41, 5.74) is 9.07. The molecule has 0 aliphatic rings. The van der Waals surface area contributed by atoms with Crippen molar-refractivity contribution >= 4 is 11.8 Å². The molecule has 0 spiro atoms. The molecule has 0 saturated heterocycles. The summed E-state index contributed by atoms with van der Waals surface area (Å²) in [7, 11) is 0. The van der Waals surface area contributed by atoms with Crippen molar-refractivity contribution < 1.29 is 9.59 Å². The lowest BCUT2D eigenvalue weighted by Gasteiger charge is -2.08. The lowest BCUT2D eigenvalue weighted by Crippen LogP contribution is -2.43. The molecule has 0 atom stereocenters. The van der Waals surface area contributed by atoms with Crippen LogP contribution in [0.25, 0.3) is 0 Å². The van der Waals surface area contributed by atoms with Crippen molar-refractivity contribution in [3.8, 4) is 0 Å². The Bertz CT molecular complexity index is 666. The number of hydrazine groups is 1. The zero-order valence-electron chi connectivity index (χ0n) is 12.8. The second-order valence-corrected chi connectivity index (χ2v) is 5.35. The molecule has 2 amide bonds. The normalized spacial score (nSPS) is 10.1. The third-order valence-corrected chi connectivity index (χ3v) is 3.48. The average molecular weight is 296 g/mol. The molecule has 2 rings (SSSR count). The number of carbonyl (C=O) groups is 2. The fourth-order valence-corrected chi connectivity index (χ4v) is 2.11. The zero-order valence-corrected chi connectivity index (χ0v) is 12.8. The maximum atomic E-state index is 11.8. The van der Waals surface area contributed by atoms with Crippen molar-refractivity contribution in [3.05, 3.63) is 70.8 Å². The van der Waals surface area contributed by atoms with Crippen molar-refractivity contribution in [3.63, 3.8) is 0 Å². The van der Waals surface area contributed by atoms with Gasteiger partial charge in [0.1, 0.15) is 0 Å². The molecule has 0 bridgehead atoms. The van der Waals surface area contributed by atoms with Gasteiger partial charge in [-0.15, -0.1) is 0 Å². The Morgan fingerprint density at radius 3 is 1.95 bits per heavy atom. The van der Waals surface area contributed by atoms with E-state index in [2.05, 4.69) is 10.9 Å². The van der Waals surface area contributed by atoms with Crippen LogP contribution in [-0.2, 0) is 22.4 Å². The number of hydrogen-bond acceptors (Lipinski definition) is 2. The molecular weight excluding hydrogens is 276 g/mol. The number of hydrogen-bond donors (Lipinski definition) is 2. The van der Waals surface area contributed by atoms with Crippen molar-refractivity contribution in [2.75, 3.05) is 0 Å². The maximum Gasteiger partial charge on any atom is 0.242 e. The minimum Gasteiger partial charge on any atom is -0.273 e. The van der Waals surface area contributed by atoms with Gasteiger partial charge in [-0.25, -0.2) is 0 Å². The van der Waals surface area contributed by atoms with Gasteiger partial charge < -0.3 is 0 Å². The van der Waals surface area contributed by atoms with Crippen LogP contribution in [0.5, 0.6) is 0 Å². The Morgan fingerprint density at radius 2 is 1.36 bits per heavy atom. The van der Waals surface area contributed by atoms with E-state index < -0.39 is 0 Å². The summed E-state index contributed by atoms with van der Waals surface area (Å²) in [6.07, 6.45) is 0.484. The van der Waals surface area contributed by atoms with Crippen LogP contribution in [0.2, 0.25) is 0 Å². The standard InChI is InChI=1S/C18H20N2O2/c1-13-8-9-16(10-14(13)2)12-18(22)20-19-17(21)11-15-6-4-3-5-7-15/h3-10H,11-12H2,1-2H3,(H,19,21)(H,20,22). The Hall–Kier alpha value is -2.62. The predicted octanol–water partition coefficient (Wildman–Crippen LogP) is 2.24. The summed E-state index contributed by atoms with van der Waals surface area (Å²) in [6, 6.07) is 15.3. The molecule has 0 saturated carbocycles. The van der Waals surface area contributed by atoms with E-state index >= 15 is 0 Å². The fraction of sp³-hybridized carbons (Fsp3) is 0.222. The Kier molecular flexibility index (Phi) is 5.31. The van der Waals surface area contributed by atoms with Crippen LogP contribution in [0, 0.1) is 13.8 Å². The van der Waals surface area contributed by atoms with E-state index in [1.807, 2.05) is 62.4 Å². The minimum absolute atomic E-state index is 0.232. The largest absolute Gasteiger partial charge is 0.273 e. The summed E-state index contributed by atoms with van der Waals surface area (Å²) >= 11 is 0. The number of carbonyl (C=O) groups excluding carboxylic acids is 2. The van der Waals surface area contributed by atoms with Crippen LogP contribution in [0.15, 0.2) is 48.5 Å². The molecule has 0 aliphatic carbocycles. The molecule has 0 radical (unpaired) electrons. The summed E-state index contributed by atoms with van der Waals surface area (Å²) < 4.78 is 0. The van der Waals surface area contributed by atoms with Gasteiger partial charge in [0, 0.05) is 0 Å². The Labute approximate surface area is 130 Å². The van der Waals surface area contributed by atoms with Crippen molar-refractivity contribution in [1.29, 1.82) is 0 Å². The molecule has 0 fully saturated rings. The van der Waals surface area contributed by atoms with Gasteiger partial charge in [-0.2, -0.15) is 0 Å². The van der Waals surface area contributed by atoms with E-state index in [1.165, 1.54) is 5.56 Å². The smallest absolute Gasteiger partial charge is 0.242 e. The minimum atomic E-state index is -0.236. The summed E-state index contributed by atoms with van der Waals surface area (Å²) in [6.45, 7) is 4.04. The van der Waals surface area contributed by atoms with Gasteiger partial charge >= 0.3 is 0 Å². The quantitative estimate of drug-likeness (QED) is 0.850. The SMILES string of the molecule is Cc1ccc(CC(=O)NNC(=O)Cc2ccccc2)cc1C. The molecule has 2 aromatic carbocycles. The van der Waals surface area contributed by atoms with Crippen molar-refractivity contribution in [1.82, 2.24) is 10.9 Å². The van der Waals surface area contributed by atoms with Crippen molar-refractivity contribution in [2.24, 2.45) is 0 Å². The van der Waals surface area contributed by atoms with Crippen LogP contribution >= 0.6 is 0 Å². The van der Waals surface area contributed by atoms with Gasteiger partial charge in [0.2, 0.25) is 11.8 Å². The Morgan fingerprint density at radius 1 is 0.773 bits per heavy atom. The van der Waals surface area contributed by atoms with E-state index in [0.717, 1.165) is 16.7 Å². The van der Waals surface area contributed by atoms with Gasteiger partial charge in [-0.05, 0) is 36.1 Å². The molecule has 0 aliphatic heterocycles. The highest BCUT2D eigenvalue weighted by atomic mass is 16.2. The Balaban J connectivity index is 1.80. The van der Waals surface area contributed by atoms with Gasteiger partial charge in [0.05, 0.1) is 12.8 Å². The molecule has 4 heteroatoms. The van der Waals surface area contributed by atoms with E-state index in [0.29, 0.717) is 0 Å². The molecular formula is C18H20N2O2. The average Bonchev–Trinajstić information content (AvgIpc) is 2.50. The van der Waals surface area contributed by atoms with Gasteiger partial charge in [-0.1, -0.05) is 48.5 Å². The molecule has 4 nitrogen and oxygen atoms in total. The number of aryl methyl sites for hydroxylation is 2. The first kappa shape index (κ1) is 15.8. The van der Waals surface area contributed by atoms with Crippen LogP contribution in [0.4, 0.5) is 0 Å². The highest BCUT2D eigenvalue weighted by molar-refractivity contribution is 5.84. The first-order valence-corrected chi connectivity index (χ1v) is 7.22. The first-order chi connectivity index (χ1) is 10.5. The van der Waals surface area contributed by atoms with Crippen LogP contribution in [0.1, 0.15) is 22.3 Å². The summed E-state index contributed by atoms with van der Waals surface area (Å²) in [5.74, 6) is -0.468. The molecule has 2 aromatic rings. The van der Waals surface area contributed by atoms with Crippen LogP contribution < -0.4 is 10.9 Å². The van der Waals surface area contributed by atoms with Crippen LogP contribution in [-0.4, -0.2) is 11.8 Å². The highest BCUT2D eigenvalue weighted by Crippen LogP contribution is 2.10. The second kappa shape index (κ2) is 7.41.